The Labute approximate surface area is 86.8 Å². The lowest BCUT2D eigenvalue weighted by atomic mass is 10.0. The molecule has 1 heterocycles. The Kier molecular flexibility index (Phi) is 4.08. The van der Waals surface area contributed by atoms with Crippen LogP contribution in [0.2, 0.25) is 0 Å². The molecule has 0 saturated heterocycles. The van der Waals surface area contributed by atoms with Crippen LogP contribution in [0.3, 0.4) is 0 Å². The minimum absolute atomic E-state index is 0.327. The smallest absolute Gasteiger partial charge is 0.0570 e. The fourth-order valence-corrected chi connectivity index (χ4v) is 1.30. The van der Waals surface area contributed by atoms with Crippen molar-refractivity contribution in [2.75, 3.05) is 0 Å². The molecule has 78 valence electrons. The van der Waals surface area contributed by atoms with Crippen LogP contribution < -0.4 is 5.32 Å². The van der Waals surface area contributed by atoms with E-state index in [2.05, 4.69) is 44.1 Å². The predicted octanol–water partition coefficient (Wildman–Crippen LogP) is 2.78. The first-order chi connectivity index (χ1) is 6.61. The third kappa shape index (κ3) is 3.11. The molecule has 1 aromatic rings. The van der Waals surface area contributed by atoms with E-state index < -0.39 is 0 Å². The highest BCUT2D eigenvalue weighted by atomic mass is 15.0. The molecule has 1 N–H and O–H groups in total. The second-order valence-electron chi connectivity index (χ2n) is 4.18. The largest absolute Gasteiger partial charge is 0.306 e. The Hall–Kier alpha value is -0.890. The monoisotopic (exact) mass is 192 g/mol. The highest BCUT2D eigenvalue weighted by Crippen LogP contribution is 2.11. The third-order valence-electron chi connectivity index (χ3n) is 2.64. The van der Waals surface area contributed by atoms with Gasteiger partial charge in [-0.25, -0.2) is 0 Å². The zero-order valence-electron chi connectivity index (χ0n) is 9.49. The lowest BCUT2D eigenvalue weighted by Gasteiger charge is -2.22. The van der Waals surface area contributed by atoms with Gasteiger partial charge in [-0.05, 0) is 31.9 Å². The van der Waals surface area contributed by atoms with Crippen LogP contribution in [0.15, 0.2) is 24.4 Å². The van der Waals surface area contributed by atoms with Gasteiger partial charge >= 0.3 is 0 Å². The van der Waals surface area contributed by atoms with Crippen LogP contribution in [0.25, 0.3) is 0 Å². The third-order valence-corrected chi connectivity index (χ3v) is 2.64. The lowest BCUT2D eigenvalue weighted by Crippen LogP contribution is -2.33. The number of rotatable bonds is 4. The second kappa shape index (κ2) is 5.11. The van der Waals surface area contributed by atoms with Gasteiger partial charge in [-0.15, -0.1) is 0 Å². The van der Waals surface area contributed by atoms with Crippen LogP contribution in [0, 0.1) is 5.92 Å². The molecular formula is C12H20N2. The average Bonchev–Trinajstić information content (AvgIpc) is 2.19. The van der Waals surface area contributed by atoms with Crippen molar-refractivity contribution in [3.8, 4) is 0 Å². The minimum atomic E-state index is 0.327. The summed E-state index contributed by atoms with van der Waals surface area (Å²) in [5.41, 5.74) is 1.11. The highest BCUT2D eigenvalue weighted by molar-refractivity contribution is 5.07. The summed E-state index contributed by atoms with van der Waals surface area (Å²) < 4.78 is 0. The fraction of sp³-hybridized carbons (Fsp3) is 0.583. The molecule has 0 aliphatic heterocycles. The van der Waals surface area contributed by atoms with E-state index in [9.17, 15) is 0 Å². The lowest BCUT2D eigenvalue weighted by molar-refractivity contribution is 0.385. The number of aromatic nitrogens is 1. The van der Waals surface area contributed by atoms with E-state index in [1.54, 1.807) is 0 Å². The van der Waals surface area contributed by atoms with Crippen molar-refractivity contribution in [2.24, 2.45) is 5.92 Å². The molecule has 0 saturated carbocycles. The van der Waals surface area contributed by atoms with E-state index in [1.807, 2.05) is 18.3 Å². The minimum Gasteiger partial charge on any atom is -0.306 e. The van der Waals surface area contributed by atoms with Gasteiger partial charge in [0.25, 0.3) is 0 Å². The highest BCUT2D eigenvalue weighted by Gasteiger charge is 2.12. The molecule has 0 fully saturated rings. The molecule has 14 heavy (non-hydrogen) atoms. The quantitative estimate of drug-likeness (QED) is 0.793. The first-order valence-corrected chi connectivity index (χ1v) is 5.28. The van der Waals surface area contributed by atoms with Crippen molar-refractivity contribution in [3.05, 3.63) is 30.1 Å². The van der Waals surface area contributed by atoms with Gasteiger partial charge in [-0.3, -0.25) is 4.98 Å². The average molecular weight is 192 g/mol. The van der Waals surface area contributed by atoms with Gasteiger partial charge in [-0.2, -0.15) is 0 Å². The van der Waals surface area contributed by atoms with Gasteiger partial charge in [0.15, 0.2) is 0 Å². The van der Waals surface area contributed by atoms with Crippen LogP contribution in [0.5, 0.6) is 0 Å². The predicted molar refractivity (Wildman–Crippen MR) is 60.1 cm³/mol. The zero-order valence-corrected chi connectivity index (χ0v) is 9.49. The molecule has 1 rings (SSSR count). The van der Waals surface area contributed by atoms with E-state index >= 15 is 0 Å². The Balaban J connectivity index is 2.55. The van der Waals surface area contributed by atoms with Crippen LogP contribution >= 0.6 is 0 Å². The number of hydrogen-bond donors (Lipinski definition) is 1. The SMILES string of the molecule is CC(C)[C@H](C)N[C@@H](C)c1ccccn1. The van der Waals surface area contributed by atoms with E-state index in [0.717, 1.165) is 5.69 Å². The maximum absolute atomic E-state index is 4.33. The Morgan fingerprint density at radius 1 is 1.14 bits per heavy atom. The topological polar surface area (TPSA) is 24.9 Å². The second-order valence-corrected chi connectivity index (χ2v) is 4.18. The summed E-state index contributed by atoms with van der Waals surface area (Å²) in [5, 5.41) is 3.53. The van der Waals surface area contributed by atoms with E-state index in [0.29, 0.717) is 18.0 Å². The van der Waals surface area contributed by atoms with Gasteiger partial charge in [0.2, 0.25) is 0 Å². The van der Waals surface area contributed by atoms with Crippen LogP contribution in [0.1, 0.15) is 39.4 Å². The summed E-state index contributed by atoms with van der Waals surface area (Å²) in [6.45, 7) is 8.82. The number of nitrogens with one attached hydrogen (secondary N) is 1. The molecule has 0 unspecified atom stereocenters. The molecule has 0 aromatic carbocycles. The molecular weight excluding hydrogens is 172 g/mol. The molecule has 1 aromatic heterocycles. The molecule has 0 bridgehead atoms. The molecule has 0 aliphatic carbocycles. The fourth-order valence-electron chi connectivity index (χ4n) is 1.30. The van der Waals surface area contributed by atoms with Crippen molar-refractivity contribution in [2.45, 2.75) is 39.8 Å². The van der Waals surface area contributed by atoms with E-state index in [-0.39, 0.29) is 0 Å². The number of hydrogen-bond acceptors (Lipinski definition) is 2. The zero-order chi connectivity index (χ0) is 10.6. The van der Waals surface area contributed by atoms with Crippen molar-refractivity contribution < 1.29 is 0 Å². The summed E-state index contributed by atoms with van der Waals surface area (Å²) in [6, 6.07) is 6.88. The molecule has 2 nitrogen and oxygen atoms in total. The number of nitrogens with zero attached hydrogens (tertiary/aromatic N) is 1. The Morgan fingerprint density at radius 3 is 2.36 bits per heavy atom. The van der Waals surface area contributed by atoms with Crippen LogP contribution in [-0.2, 0) is 0 Å². The first-order valence-electron chi connectivity index (χ1n) is 5.28. The Bertz CT molecular complexity index is 256. The van der Waals surface area contributed by atoms with Crippen molar-refractivity contribution in [1.82, 2.24) is 10.3 Å². The summed E-state index contributed by atoms with van der Waals surface area (Å²) in [5.74, 6) is 0.654. The Morgan fingerprint density at radius 2 is 1.86 bits per heavy atom. The van der Waals surface area contributed by atoms with Gasteiger partial charge in [0, 0.05) is 18.3 Å². The summed E-state index contributed by atoms with van der Waals surface area (Å²) in [6.07, 6.45) is 1.84. The maximum Gasteiger partial charge on any atom is 0.0570 e. The maximum atomic E-state index is 4.33. The van der Waals surface area contributed by atoms with E-state index in [1.165, 1.54) is 0 Å². The summed E-state index contributed by atoms with van der Waals surface area (Å²) in [4.78, 5) is 4.33. The molecule has 0 aliphatic rings. The standard InChI is InChI=1S/C12H20N2/c1-9(2)10(3)14-11(4)12-7-5-6-8-13-12/h5-11,14H,1-4H3/t10-,11-/m0/s1. The molecule has 2 atom stereocenters. The van der Waals surface area contributed by atoms with Crippen molar-refractivity contribution >= 4 is 0 Å². The van der Waals surface area contributed by atoms with Gasteiger partial charge < -0.3 is 5.32 Å². The van der Waals surface area contributed by atoms with Gasteiger partial charge in [-0.1, -0.05) is 19.9 Å². The first kappa shape index (κ1) is 11.2. The van der Waals surface area contributed by atoms with Crippen molar-refractivity contribution in [1.29, 1.82) is 0 Å². The van der Waals surface area contributed by atoms with Crippen LogP contribution in [0.4, 0.5) is 0 Å². The molecule has 0 spiro atoms. The molecule has 0 amide bonds. The normalized spacial score (nSPS) is 15.5. The van der Waals surface area contributed by atoms with Crippen LogP contribution in [-0.4, -0.2) is 11.0 Å². The van der Waals surface area contributed by atoms with E-state index in [4.69, 9.17) is 0 Å². The number of pyridine rings is 1. The van der Waals surface area contributed by atoms with Crippen molar-refractivity contribution in [3.63, 3.8) is 0 Å². The van der Waals surface area contributed by atoms with Gasteiger partial charge in [0.1, 0.15) is 0 Å². The molecule has 0 radical (unpaired) electrons. The molecule has 2 heteroatoms. The summed E-state index contributed by atoms with van der Waals surface area (Å²) in [7, 11) is 0. The summed E-state index contributed by atoms with van der Waals surface area (Å²) >= 11 is 0. The van der Waals surface area contributed by atoms with Gasteiger partial charge in [0.05, 0.1) is 5.69 Å².